The largest absolute Gasteiger partial charge is 0.316 e. The summed E-state index contributed by atoms with van der Waals surface area (Å²) in [6, 6.07) is 10.3. The molecule has 0 fully saturated rings. The molecule has 0 heterocycles. The molecule has 0 amide bonds. The van der Waals surface area contributed by atoms with Crippen molar-refractivity contribution in [1.82, 2.24) is 5.32 Å². The van der Waals surface area contributed by atoms with Gasteiger partial charge in [0, 0.05) is 6.54 Å². The summed E-state index contributed by atoms with van der Waals surface area (Å²) < 4.78 is 40.3. The molecule has 2 N–H and O–H groups in total. The lowest BCUT2D eigenvalue weighted by atomic mass is 10.2. The van der Waals surface area contributed by atoms with Gasteiger partial charge in [0.15, 0.2) is 0 Å². The first-order valence-electron chi connectivity index (χ1n) is 6.14. The van der Waals surface area contributed by atoms with Crippen molar-refractivity contribution in [3.8, 4) is 0 Å². The minimum atomic E-state index is -3.88. The molecule has 0 bridgehead atoms. The SMILES string of the molecule is CNCc1ccc(S(=O)(=O)Nc2c(F)cccc2Cl)cc1. The van der Waals surface area contributed by atoms with Gasteiger partial charge in [0.1, 0.15) is 11.5 Å². The number of para-hydroxylation sites is 1. The van der Waals surface area contributed by atoms with Crippen molar-refractivity contribution in [3.05, 3.63) is 58.9 Å². The third kappa shape index (κ3) is 3.72. The van der Waals surface area contributed by atoms with E-state index in [9.17, 15) is 12.8 Å². The Morgan fingerprint density at radius 2 is 1.81 bits per heavy atom. The number of hydrogen-bond donors (Lipinski definition) is 2. The second kappa shape index (κ2) is 6.43. The van der Waals surface area contributed by atoms with Crippen LogP contribution in [0.15, 0.2) is 47.4 Å². The molecule has 2 aromatic carbocycles. The molecule has 0 aliphatic rings. The van der Waals surface area contributed by atoms with Crippen LogP contribution in [0.3, 0.4) is 0 Å². The van der Waals surface area contributed by atoms with E-state index in [1.807, 2.05) is 0 Å². The minimum absolute atomic E-state index is 0.00498. The Morgan fingerprint density at radius 3 is 2.38 bits per heavy atom. The van der Waals surface area contributed by atoms with Crippen LogP contribution in [0, 0.1) is 5.82 Å². The Morgan fingerprint density at radius 1 is 1.14 bits per heavy atom. The van der Waals surface area contributed by atoms with E-state index in [2.05, 4.69) is 10.0 Å². The number of rotatable bonds is 5. The maximum Gasteiger partial charge on any atom is 0.262 e. The zero-order valence-electron chi connectivity index (χ0n) is 11.2. The van der Waals surface area contributed by atoms with Crippen molar-refractivity contribution in [2.24, 2.45) is 0 Å². The van der Waals surface area contributed by atoms with E-state index in [1.165, 1.54) is 24.3 Å². The predicted molar refractivity (Wildman–Crippen MR) is 81.4 cm³/mol. The highest BCUT2D eigenvalue weighted by molar-refractivity contribution is 7.92. The molecule has 0 aliphatic carbocycles. The lowest BCUT2D eigenvalue weighted by Crippen LogP contribution is -2.14. The average Bonchev–Trinajstić information content (AvgIpc) is 2.44. The predicted octanol–water partition coefficient (Wildman–Crippen LogP) is 3.00. The van der Waals surface area contributed by atoms with E-state index in [-0.39, 0.29) is 15.6 Å². The van der Waals surface area contributed by atoms with Crippen LogP contribution in [0.1, 0.15) is 5.56 Å². The molecule has 7 heteroatoms. The molecule has 0 aromatic heterocycles. The van der Waals surface area contributed by atoms with Gasteiger partial charge in [-0.1, -0.05) is 29.8 Å². The maximum atomic E-state index is 13.6. The number of anilines is 1. The Labute approximate surface area is 128 Å². The Bertz CT molecular complexity index is 713. The van der Waals surface area contributed by atoms with Gasteiger partial charge >= 0.3 is 0 Å². The highest BCUT2D eigenvalue weighted by atomic mass is 35.5. The van der Waals surface area contributed by atoms with Crippen LogP contribution in [0.2, 0.25) is 5.02 Å². The smallest absolute Gasteiger partial charge is 0.262 e. The normalized spacial score (nSPS) is 11.4. The second-order valence-corrected chi connectivity index (χ2v) is 6.47. The van der Waals surface area contributed by atoms with Crippen molar-refractivity contribution < 1.29 is 12.8 Å². The van der Waals surface area contributed by atoms with E-state index in [4.69, 9.17) is 11.6 Å². The fourth-order valence-electron chi connectivity index (χ4n) is 1.78. The summed E-state index contributed by atoms with van der Waals surface area (Å²) in [5.74, 6) is -0.724. The van der Waals surface area contributed by atoms with Crippen LogP contribution in [-0.4, -0.2) is 15.5 Å². The van der Waals surface area contributed by atoms with E-state index in [0.29, 0.717) is 6.54 Å². The molecule has 0 aliphatic heterocycles. The van der Waals surface area contributed by atoms with Crippen molar-refractivity contribution in [3.63, 3.8) is 0 Å². The van der Waals surface area contributed by atoms with Crippen LogP contribution in [0.5, 0.6) is 0 Å². The zero-order valence-corrected chi connectivity index (χ0v) is 12.8. The van der Waals surface area contributed by atoms with Crippen LogP contribution in [0.4, 0.5) is 10.1 Å². The van der Waals surface area contributed by atoms with Gasteiger partial charge in [-0.15, -0.1) is 0 Å². The van der Waals surface area contributed by atoms with Gasteiger partial charge < -0.3 is 5.32 Å². The average molecular weight is 329 g/mol. The summed E-state index contributed by atoms with van der Waals surface area (Å²) >= 11 is 5.81. The molecule has 0 spiro atoms. The third-order valence-electron chi connectivity index (χ3n) is 2.81. The number of hydrogen-bond acceptors (Lipinski definition) is 3. The number of benzene rings is 2. The number of sulfonamides is 1. The number of nitrogens with one attached hydrogen (secondary N) is 2. The molecular weight excluding hydrogens is 315 g/mol. The molecular formula is C14H14ClFN2O2S. The van der Waals surface area contributed by atoms with Crippen LogP contribution in [-0.2, 0) is 16.6 Å². The molecule has 2 aromatic rings. The minimum Gasteiger partial charge on any atom is -0.316 e. The first-order chi connectivity index (χ1) is 9.94. The first kappa shape index (κ1) is 15.8. The monoisotopic (exact) mass is 328 g/mol. The quantitative estimate of drug-likeness (QED) is 0.887. The molecule has 0 atom stereocenters. The van der Waals surface area contributed by atoms with Crippen LogP contribution >= 0.6 is 11.6 Å². The summed E-state index contributed by atoms with van der Waals surface area (Å²) in [6.07, 6.45) is 0. The highest BCUT2D eigenvalue weighted by Crippen LogP contribution is 2.27. The summed E-state index contributed by atoms with van der Waals surface area (Å²) in [5, 5.41) is 2.97. The van der Waals surface area contributed by atoms with Gasteiger partial charge in [0.25, 0.3) is 10.0 Å². The van der Waals surface area contributed by atoms with E-state index in [0.717, 1.165) is 11.6 Å². The van der Waals surface area contributed by atoms with Gasteiger partial charge in [0.2, 0.25) is 0 Å². The zero-order chi connectivity index (χ0) is 15.5. The van der Waals surface area contributed by atoms with Crippen molar-refractivity contribution in [2.45, 2.75) is 11.4 Å². The molecule has 0 saturated carbocycles. The molecule has 2 rings (SSSR count). The Balaban J connectivity index is 2.30. The van der Waals surface area contributed by atoms with Gasteiger partial charge in [-0.2, -0.15) is 0 Å². The summed E-state index contributed by atoms with van der Waals surface area (Å²) in [4.78, 5) is 0.0432. The summed E-state index contributed by atoms with van der Waals surface area (Å²) in [6.45, 7) is 0.632. The van der Waals surface area contributed by atoms with Crippen molar-refractivity contribution in [2.75, 3.05) is 11.8 Å². The van der Waals surface area contributed by atoms with Crippen LogP contribution < -0.4 is 10.0 Å². The van der Waals surface area contributed by atoms with E-state index in [1.54, 1.807) is 19.2 Å². The fraction of sp³-hybridized carbons (Fsp3) is 0.143. The molecule has 0 unspecified atom stereocenters. The van der Waals surface area contributed by atoms with Gasteiger partial charge in [-0.05, 0) is 36.9 Å². The Hall–Kier alpha value is -1.63. The molecule has 112 valence electrons. The van der Waals surface area contributed by atoms with Gasteiger partial charge in [0.05, 0.1) is 9.92 Å². The van der Waals surface area contributed by atoms with Crippen LogP contribution in [0.25, 0.3) is 0 Å². The van der Waals surface area contributed by atoms with Gasteiger partial charge in [-0.25, -0.2) is 12.8 Å². The second-order valence-electron chi connectivity index (χ2n) is 4.38. The third-order valence-corrected chi connectivity index (χ3v) is 4.49. The molecule has 4 nitrogen and oxygen atoms in total. The topological polar surface area (TPSA) is 58.2 Å². The standard InChI is InChI=1S/C14H14ClFN2O2S/c1-17-9-10-5-7-11(8-6-10)21(19,20)18-14-12(15)3-2-4-13(14)16/h2-8,17-18H,9H2,1H3. The fourth-order valence-corrected chi connectivity index (χ4v) is 3.13. The summed E-state index contributed by atoms with van der Waals surface area (Å²) in [7, 11) is -2.09. The maximum absolute atomic E-state index is 13.6. The van der Waals surface area contributed by atoms with Crippen molar-refractivity contribution >= 4 is 27.3 Å². The summed E-state index contributed by atoms with van der Waals surface area (Å²) in [5.41, 5.74) is 0.693. The lowest BCUT2D eigenvalue weighted by molar-refractivity contribution is 0.598. The molecule has 21 heavy (non-hydrogen) atoms. The van der Waals surface area contributed by atoms with E-state index < -0.39 is 15.8 Å². The Kier molecular flexibility index (Phi) is 4.82. The van der Waals surface area contributed by atoms with E-state index >= 15 is 0 Å². The first-order valence-corrected chi connectivity index (χ1v) is 8.00. The highest BCUT2D eigenvalue weighted by Gasteiger charge is 2.18. The van der Waals surface area contributed by atoms with Crippen molar-refractivity contribution in [1.29, 1.82) is 0 Å². The number of halogens is 2. The van der Waals surface area contributed by atoms with Gasteiger partial charge in [-0.3, -0.25) is 4.72 Å². The molecule has 0 radical (unpaired) electrons. The lowest BCUT2D eigenvalue weighted by Gasteiger charge is -2.11. The molecule has 0 saturated heterocycles.